The topological polar surface area (TPSA) is 70.0 Å². The van der Waals surface area contributed by atoms with Gasteiger partial charge in [-0.1, -0.05) is 0 Å². The Morgan fingerprint density at radius 1 is 1.14 bits per heavy atom. The molecule has 0 spiro atoms. The molecule has 0 radical (unpaired) electrons. The quantitative estimate of drug-likeness (QED) is 0.654. The first-order valence-corrected chi connectivity index (χ1v) is 11.4. The molecule has 21 heavy (non-hydrogen) atoms. The molecule has 0 amide bonds. The molecule has 2 aromatic carbocycles. The molecule has 110 valence electrons. The minimum absolute atomic E-state index is 0.137. The summed E-state index contributed by atoms with van der Waals surface area (Å²) in [5.41, 5.74) is 0.690. The average Bonchev–Trinajstić information content (AvgIpc) is 2.45. The van der Waals surface area contributed by atoms with Crippen LogP contribution >= 0.6 is 29.3 Å². The zero-order chi connectivity index (χ0) is 15.5. The first-order valence-electron chi connectivity index (χ1n) is 5.83. The number of halogens is 2. The molecule has 0 fully saturated rings. The Balaban J connectivity index is 2.69. The zero-order valence-corrected chi connectivity index (χ0v) is 14.1. The van der Waals surface area contributed by atoms with Crippen LogP contribution in [0, 0.1) is 11.3 Å². The van der Waals surface area contributed by atoms with Crippen LogP contribution in [0.25, 0.3) is 10.8 Å². The van der Waals surface area contributed by atoms with Gasteiger partial charge in [0.2, 0.25) is 0 Å². The molecule has 0 aliphatic carbocycles. The van der Waals surface area contributed by atoms with Crippen molar-refractivity contribution in [1.29, 1.82) is 5.26 Å². The number of allylic oxidation sites excluding steroid dienone is 1. The molecule has 4 nitrogen and oxygen atoms in total. The third kappa shape index (κ3) is 3.66. The van der Waals surface area contributed by atoms with Gasteiger partial charge in [-0.15, -0.1) is 0 Å². The number of nitrogens with zero attached hydrogens (tertiary/aromatic N) is 1. The second-order valence-electron chi connectivity index (χ2n) is 4.08. The van der Waals surface area contributed by atoms with E-state index in [0.717, 1.165) is 11.5 Å². The number of fused-ring (bicyclic) bond motifs is 1. The Labute approximate surface area is 133 Å². The summed E-state index contributed by atoms with van der Waals surface area (Å²) in [5, 5.41) is 13.6. The fraction of sp³-hybridized carbons (Fsp3) is 0. The summed E-state index contributed by atoms with van der Waals surface area (Å²) in [6, 6.07) is 11.8. The first kappa shape index (κ1) is 16.1. The monoisotopic (exact) mass is 360 g/mol. The second-order valence-corrected chi connectivity index (χ2v) is 10.1. The molecule has 0 bridgehead atoms. The van der Waals surface area contributed by atoms with Crippen LogP contribution < -0.4 is 5.09 Å². The van der Waals surface area contributed by atoms with E-state index in [-0.39, 0.29) is 4.90 Å². The van der Waals surface area contributed by atoms with Crippen molar-refractivity contribution >= 4 is 55.6 Å². The average molecular weight is 361 g/mol. The third-order valence-electron chi connectivity index (χ3n) is 2.78. The van der Waals surface area contributed by atoms with Crippen LogP contribution in [0.15, 0.2) is 52.8 Å². The summed E-state index contributed by atoms with van der Waals surface area (Å²) in [4.78, 5) is 0.137. The van der Waals surface area contributed by atoms with E-state index in [1.54, 1.807) is 36.4 Å². The fourth-order valence-electron chi connectivity index (χ4n) is 1.96. The number of rotatable bonds is 4. The third-order valence-corrected chi connectivity index (χ3v) is 5.42. The maximum atomic E-state index is 12.2. The SMILES string of the molecule is N#CC=CS(=O)(=O)c1ccc(N[PH2](Cl)Cl)c2ccccc12. The Morgan fingerprint density at radius 2 is 1.81 bits per heavy atom. The van der Waals surface area contributed by atoms with Gasteiger partial charge in [0.15, 0.2) is 0 Å². The predicted octanol–water partition coefficient (Wildman–Crippen LogP) is 4.23. The van der Waals surface area contributed by atoms with Crippen molar-refractivity contribution in [2.75, 3.05) is 5.09 Å². The molecule has 0 aromatic heterocycles. The normalized spacial score (nSPS) is 12.3. The van der Waals surface area contributed by atoms with Gasteiger partial charge in [-0.3, -0.25) is 0 Å². The number of anilines is 1. The Bertz CT molecular complexity index is 845. The zero-order valence-electron chi connectivity index (χ0n) is 10.6. The molecular formula is C13H11Cl2N2O2PS. The Morgan fingerprint density at radius 3 is 2.43 bits per heavy atom. The molecule has 2 rings (SSSR count). The van der Waals surface area contributed by atoms with Gasteiger partial charge in [0, 0.05) is 0 Å². The summed E-state index contributed by atoms with van der Waals surface area (Å²) in [7, 11) is -3.68. The Kier molecular flexibility index (Phi) is 5.08. The van der Waals surface area contributed by atoms with E-state index in [1.807, 2.05) is 0 Å². The van der Waals surface area contributed by atoms with Crippen molar-refractivity contribution in [3.8, 4) is 6.07 Å². The van der Waals surface area contributed by atoms with Crippen LogP contribution in [0.5, 0.6) is 0 Å². The van der Waals surface area contributed by atoms with Gasteiger partial charge in [-0.2, -0.15) is 0 Å². The molecule has 0 atom stereocenters. The van der Waals surface area contributed by atoms with Crippen LogP contribution in [0.2, 0.25) is 0 Å². The molecule has 8 heteroatoms. The van der Waals surface area contributed by atoms with Crippen LogP contribution in [0.3, 0.4) is 0 Å². The summed E-state index contributed by atoms with van der Waals surface area (Å²) >= 11 is 11.7. The number of hydrogen-bond donors (Lipinski definition) is 1. The minimum atomic E-state index is -3.68. The number of sulfone groups is 1. The van der Waals surface area contributed by atoms with Gasteiger partial charge >= 0.3 is 133 Å². The fourth-order valence-corrected chi connectivity index (χ4v) is 4.28. The molecule has 0 heterocycles. The van der Waals surface area contributed by atoms with Crippen molar-refractivity contribution in [3.05, 3.63) is 47.9 Å². The van der Waals surface area contributed by atoms with E-state index in [4.69, 9.17) is 27.7 Å². The predicted molar refractivity (Wildman–Crippen MR) is 90.9 cm³/mol. The van der Waals surface area contributed by atoms with Crippen LogP contribution in [0.1, 0.15) is 0 Å². The van der Waals surface area contributed by atoms with E-state index in [2.05, 4.69) is 5.09 Å². The van der Waals surface area contributed by atoms with E-state index in [0.29, 0.717) is 16.5 Å². The molecule has 0 aliphatic heterocycles. The van der Waals surface area contributed by atoms with Gasteiger partial charge in [-0.05, 0) is 0 Å². The molecular weight excluding hydrogens is 350 g/mol. The number of nitrogens with one attached hydrogen (secondary N) is 1. The molecule has 0 unspecified atom stereocenters. The van der Waals surface area contributed by atoms with Crippen molar-refractivity contribution in [3.63, 3.8) is 0 Å². The Hall–Kier alpha value is -1.31. The van der Waals surface area contributed by atoms with Crippen LogP contribution in [-0.4, -0.2) is 8.42 Å². The summed E-state index contributed by atoms with van der Waals surface area (Å²) in [5.74, 6) is 0. The van der Waals surface area contributed by atoms with Crippen molar-refractivity contribution < 1.29 is 8.42 Å². The van der Waals surface area contributed by atoms with E-state index in [1.165, 1.54) is 6.07 Å². The number of hydrogen-bond acceptors (Lipinski definition) is 4. The summed E-state index contributed by atoms with van der Waals surface area (Å²) < 4.78 is 24.5. The number of nitriles is 1. The standard InChI is InChI=1S/C13H11Cl2N2O2PS/c14-20(15)17-12-6-7-13(21(18,19)9-3-8-16)11-5-2-1-4-10(11)12/h1-7,9,17H,20H2. The van der Waals surface area contributed by atoms with E-state index >= 15 is 0 Å². The molecule has 0 saturated heterocycles. The van der Waals surface area contributed by atoms with E-state index < -0.39 is 16.6 Å². The van der Waals surface area contributed by atoms with Crippen molar-refractivity contribution in [2.24, 2.45) is 0 Å². The summed E-state index contributed by atoms with van der Waals surface area (Å²) in [6.45, 7) is -2.09. The molecule has 0 saturated carbocycles. The van der Waals surface area contributed by atoms with Crippen molar-refractivity contribution in [1.82, 2.24) is 0 Å². The van der Waals surface area contributed by atoms with Gasteiger partial charge < -0.3 is 0 Å². The second kappa shape index (κ2) is 6.64. The molecule has 2 aromatic rings. The molecule has 0 aliphatic rings. The number of benzene rings is 2. The first-order chi connectivity index (χ1) is 9.95. The maximum absolute atomic E-state index is 12.2. The van der Waals surface area contributed by atoms with Gasteiger partial charge in [-0.25, -0.2) is 0 Å². The van der Waals surface area contributed by atoms with Crippen LogP contribution in [0.4, 0.5) is 5.69 Å². The van der Waals surface area contributed by atoms with Crippen LogP contribution in [-0.2, 0) is 9.84 Å². The van der Waals surface area contributed by atoms with Gasteiger partial charge in [0.1, 0.15) is 0 Å². The summed E-state index contributed by atoms with van der Waals surface area (Å²) in [6.07, 6.45) is 0.941. The van der Waals surface area contributed by atoms with Gasteiger partial charge in [0.25, 0.3) is 0 Å². The molecule has 1 N–H and O–H groups in total. The van der Waals surface area contributed by atoms with Gasteiger partial charge in [0.05, 0.1) is 0 Å². The van der Waals surface area contributed by atoms with Crippen molar-refractivity contribution in [2.45, 2.75) is 4.90 Å². The van der Waals surface area contributed by atoms with E-state index in [9.17, 15) is 8.42 Å².